The van der Waals surface area contributed by atoms with Crippen molar-refractivity contribution < 1.29 is 14.2 Å². The molecule has 2 heterocycles. The molecular weight excluding hydrogens is 318 g/mol. The average molecular weight is 337 g/mol. The van der Waals surface area contributed by atoms with Crippen molar-refractivity contribution in [2.75, 3.05) is 13.7 Å². The van der Waals surface area contributed by atoms with Crippen molar-refractivity contribution in [2.24, 2.45) is 0 Å². The van der Waals surface area contributed by atoms with Gasteiger partial charge in [-0.1, -0.05) is 0 Å². The van der Waals surface area contributed by atoms with Crippen molar-refractivity contribution in [1.82, 2.24) is 15.0 Å². The second-order valence-electron chi connectivity index (χ2n) is 5.23. The maximum atomic E-state index is 5.97. The van der Waals surface area contributed by atoms with Gasteiger partial charge in [-0.25, -0.2) is 9.97 Å². The Balaban J connectivity index is 1.92. The number of pyridine rings is 1. The van der Waals surface area contributed by atoms with Crippen LogP contribution < -0.4 is 14.2 Å². The lowest BCUT2D eigenvalue weighted by molar-refractivity contribution is 0.339. The van der Waals surface area contributed by atoms with Crippen molar-refractivity contribution >= 4 is 0 Å². The number of rotatable bonds is 6. The van der Waals surface area contributed by atoms with Crippen molar-refractivity contribution in [3.63, 3.8) is 0 Å². The van der Waals surface area contributed by atoms with Crippen LogP contribution >= 0.6 is 0 Å². The van der Waals surface area contributed by atoms with E-state index < -0.39 is 0 Å². The summed E-state index contributed by atoms with van der Waals surface area (Å²) >= 11 is 0. The van der Waals surface area contributed by atoms with Gasteiger partial charge < -0.3 is 14.2 Å². The fraction of sp³-hybridized carbons (Fsp3) is 0.211. The first kappa shape index (κ1) is 16.7. The lowest BCUT2D eigenvalue weighted by atomic mass is 10.3. The van der Waals surface area contributed by atoms with E-state index >= 15 is 0 Å². The molecule has 0 unspecified atom stereocenters. The SMILES string of the molecule is CCOc1ccc(Oc2cccnc2-c2nc(C)cc(OC)n2)cc1. The summed E-state index contributed by atoms with van der Waals surface area (Å²) in [5.74, 6) is 2.99. The molecule has 2 aromatic heterocycles. The van der Waals surface area contributed by atoms with E-state index in [1.54, 1.807) is 25.4 Å². The first-order chi connectivity index (χ1) is 12.2. The van der Waals surface area contributed by atoms with E-state index in [-0.39, 0.29) is 0 Å². The van der Waals surface area contributed by atoms with Gasteiger partial charge in [-0.05, 0) is 50.2 Å². The highest BCUT2D eigenvalue weighted by Gasteiger charge is 2.13. The number of aryl methyl sites for hydroxylation is 1. The smallest absolute Gasteiger partial charge is 0.216 e. The van der Waals surface area contributed by atoms with Crippen molar-refractivity contribution in [3.05, 3.63) is 54.4 Å². The normalized spacial score (nSPS) is 10.4. The molecule has 0 radical (unpaired) electrons. The Kier molecular flexibility index (Phi) is 5.09. The van der Waals surface area contributed by atoms with Crippen LogP contribution in [-0.4, -0.2) is 28.7 Å². The molecule has 0 aliphatic heterocycles. The Morgan fingerprint density at radius 3 is 2.48 bits per heavy atom. The lowest BCUT2D eigenvalue weighted by Crippen LogP contribution is -1.99. The van der Waals surface area contributed by atoms with Gasteiger partial charge in [-0.15, -0.1) is 0 Å². The molecule has 1 aromatic carbocycles. The van der Waals surface area contributed by atoms with Gasteiger partial charge in [-0.3, -0.25) is 0 Å². The Bertz CT molecular complexity index is 851. The number of nitrogens with zero attached hydrogens (tertiary/aromatic N) is 3. The van der Waals surface area contributed by atoms with Crippen LogP contribution in [0.3, 0.4) is 0 Å². The summed E-state index contributed by atoms with van der Waals surface area (Å²) in [4.78, 5) is 13.2. The Morgan fingerprint density at radius 1 is 1.00 bits per heavy atom. The van der Waals surface area contributed by atoms with Crippen LogP contribution in [0.25, 0.3) is 11.5 Å². The van der Waals surface area contributed by atoms with Crippen molar-refractivity contribution in [2.45, 2.75) is 13.8 Å². The zero-order valence-electron chi connectivity index (χ0n) is 14.4. The summed E-state index contributed by atoms with van der Waals surface area (Å²) in [5.41, 5.74) is 1.35. The average Bonchev–Trinajstić information content (AvgIpc) is 2.63. The predicted molar refractivity (Wildman–Crippen MR) is 94.2 cm³/mol. The number of benzene rings is 1. The topological polar surface area (TPSA) is 66.4 Å². The Hall–Kier alpha value is -3.15. The number of hydrogen-bond acceptors (Lipinski definition) is 6. The third-order valence-electron chi connectivity index (χ3n) is 3.38. The fourth-order valence-electron chi connectivity index (χ4n) is 2.29. The van der Waals surface area contributed by atoms with Crippen LogP contribution in [0.4, 0.5) is 0 Å². The first-order valence-corrected chi connectivity index (χ1v) is 7.95. The highest BCUT2D eigenvalue weighted by atomic mass is 16.5. The monoisotopic (exact) mass is 337 g/mol. The number of ether oxygens (including phenoxy) is 3. The summed E-state index contributed by atoms with van der Waals surface area (Å²) in [7, 11) is 1.57. The molecule has 0 saturated heterocycles. The maximum Gasteiger partial charge on any atom is 0.216 e. The van der Waals surface area contributed by atoms with Gasteiger partial charge in [0.2, 0.25) is 5.88 Å². The van der Waals surface area contributed by atoms with Gasteiger partial charge in [0.1, 0.15) is 11.5 Å². The third kappa shape index (κ3) is 4.03. The minimum atomic E-state index is 0.457. The molecule has 3 aromatic rings. The molecule has 0 aliphatic carbocycles. The highest BCUT2D eigenvalue weighted by molar-refractivity contribution is 5.60. The summed E-state index contributed by atoms with van der Waals surface area (Å²) < 4.78 is 16.6. The number of methoxy groups -OCH3 is 1. The van der Waals surface area contributed by atoms with Crippen molar-refractivity contribution in [1.29, 1.82) is 0 Å². The van der Waals surface area contributed by atoms with E-state index in [0.717, 1.165) is 11.4 Å². The van der Waals surface area contributed by atoms with E-state index in [0.29, 0.717) is 35.5 Å². The number of aromatic nitrogens is 3. The molecule has 0 fully saturated rings. The molecule has 0 N–H and O–H groups in total. The van der Waals surface area contributed by atoms with E-state index in [4.69, 9.17) is 14.2 Å². The zero-order valence-corrected chi connectivity index (χ0v) is 14.4. The van der Waals surface area contributed by atoms with Gasteiger partial charge in [0.05, 0.1) is 13.7 Å². The van der Waals surface area contributed by atoms with E-state index in [9.17, 15) is 0 Å². The molecule has 3 rings (SSSR count). The minimum Gasteiger partial charge on any atom is -0.494 e. The molecule has 25 heavy (non-hydrogen) atoms. The minimum absolute atomic E-state index is 0.457. The van der Waals surface area contributed by atoms with Crippen LogP contribution in [-0.2, 0) is 0 Å². The van der Waals surface area contributed by atoms with Gasteiger partial charge in [-0.2, -0.15) is 4.98 Å². The number of hydrogen-bond donors (Lipinski definition) is 0. The van der Waals surface area contributed by atoms with Gasteiger partial charge in [0, 0.05) is 18.0 Å². The second kappa shape index (κ2) is 7.61. The van der Waals surface area contributed by atoms with Crippen LogP contribution in [0.5, 0.6) is 23.1 Å². The molecule has 0 spiro atoms. The maximum absolute atomic E-state index is 5.97. The fourth-order valence-corrected chi connectivity index (χ4v) is 2.29. The van der Waals surface area contributed by atoms with Gasteiger partial charge in [0.25, 0.3) is 0 Å². The van der Waals surface area contributed by atoms with Crippen molar-refractivity contribution in [3.8, 4) is 34.6 Å². The molecule has 0 amide bonds. The lowest BCUT2D eigenvalue weighted by Gasteiger charge is -2.11. The standard InChI is InChI=1S/C19H19N3O3/c1-4-24-14-7-9-15(10-8-14)25-16-6-5-11-20-18(16)19-21-13(2)12-17(22-19)23-3/h5-12H,4H2,1-3H3. The molecule has 0 aliphatic rings. The van der Waals surface area contributed by atoms with Gasteiger partial charge in [0.15, 0.2) is 17.3 Å². The summed E-state index contributed by atoms with van der Waals surface area (Å²) in [6.07, 6.45) is 1.68. The summed E-state index contributed by atoms with van der Waals surface area (Å²) in [6, 6.07) is 12.8. The second-order valence-corrected chi connectivity index (χ2v) is 5.23. The van der Waals surface area contributed by atoms with E-state index in [2.05, 4.69) is 15.0 Å². The quantitative estimate of drug-likeness (QED) is 0.676. The molecule has 6 nitrogen and oxygen atoms in total. The van der Waals surface area contributed by atoms with Gasteiger partial charge >= 0.3 is 0 Å². The first-order valence-electron chi connectivity index (χ1n) is 7.95. The molecule has 6 heteroatoms. The van der Waals surface area contributed by atoms with E-state index in [1.165, 1.54) is 0 Å². The molecule has 0 saturated carbocycles. The molecule has 0 atom stereocenters. The molecular formula is C19H19N3O3. The summed E-state index contributed by atoms with van der Waals surface area (Å²) in [5, 5.41) is 0. The third-order valence-corrected chi connectivity index (χ3v) is 3.38. The largest absolute Gasteiger partial charge is 0.494 e. The zero-order chi connectivity index (χ0) is 17.6. The van der Waals surface area contributed by atoms with E-state index in [1.807, 2.05) is 44.2 Å². The molecule has 0 bridgehead atoms. The predicted octanol–water partition coefficient (Wildman–Crippen LogP) is 4.05. The van der Waals surface area contributed by atoms with Crippen LogP contribution in [0.15, 0.2) is 48.7 Å². The van der Waals surface area contributed by atoms with Crippen LogP contribution in [0.2, 0.25) is 0 Å². The highest BCUT2D eigenvalue weighted by Crippen LogP contribution is 2.31. The molecule has 128 valence electrons. The Labute approximate surface area is 146 Å². The van der Waals surface area contributed by atoms with Crippen LogP contribution in [0.1, 0.15) is 12.6 Å². The summed E-state index contributed by atoms with van der Waals surface area (Å²) in [6.45, 7) is 4.45. The Morgan fingerprint density at radius 2 is 1.76 bits per heavy atom. The van der Waals surface area contributed by atoms with Crippen LogP contribution in [0, 0.1) is 6.92 Å².